The van der Waals surface area contributed by atoms with Crippen LogP contribution in [-0.2, 0) is 24.7 Å². The Labute approximate surface area is 160 Å². The SMILES string of the molecule is CCOc1ccc(S(=O)(=O)N2CCC(S(=O)(=O)CC(=O)NC)CC2)cc1C. The van der Waals surface area contributed by atoms with E-state index in [1.54, 1.807) is 19.1 Å². The number of aryl methyl sites for hydroxylation is 1. The second-order valence-electron chi connectivity index (χ2n) is 6.44. The zero-order chi connectivity index (χ0) is 20.2. The van der Waals surface area contributed by atoms with E-state index in [0.29, 0.717) is 12.4 Å². The first-order valence-electron chi connectivity index (χ1n) is 8.77. The minimum Gasteiger partial charge on any atom is -0.494 e. The van der Waals surface area contributed by atoms with E-state index in [0.717, 1.165) is 5.56 Å². The highest BCUT2D eigenvalue weighted by molar-refractivity contribution is 7.92. The lowest BCUT2D eigenvalue weighted by molar-refractivity contribution is -0.118. The number of nitrogens with one attached hydrogen (secondary N) is 1. The van der Waals surface area contributed by atoms with Crippen LogP contribution in [0.3, 0.4) is 0 Å². The molecule has 27 heavy (non-hydrogen) atoms. The fraction of sp³-hybridized carbons (Fsp3) is 0.588. The van der Waals surface area contributed by atoms with Crippen molar-refractivity contribution in [1.29, 1.82) is 0 Å². The van der Waals surface area contributed by atoms with Gasteiger partial charge in [0.15, 0.2) is 9.84 Å². The minimum absolute atomic E-state index is 0.103. The molecule has 1 amide bonds. The first-order chi connectivity index (χ1) is 12.6. The van der Waals surface area contributed by atoms with Crippen LogP contribution in [0, 0.1) is 6.92 Å². The minimum atomic E-state index is -3.71. The highest BCUT2D eigenvalue weighted by Crippen LogP contribution is 2.27. The molecule has 1 N–H and O–H groups in total. The number of sulfonamides is 1. The number of ether oxygens (including phenoxy) is 1. The molecule has 8 nitrogen and oxygen atoms in total. The lowest BCUT2D eigenvalue weighted by atomic mass is 10.2. The number of rotatable bonds is 7. The molecule has 0 bridgehead atoms. The highest BCUT2D eigenvalue weighted by Gasteiger charge is 2.35. The number of carbonyl (C=O) groups excluding carboxylic acids is 1. The Morgan fingerprint density at radius 2 is 1.85 bits per heavy atom. The maximum absolute atomic E-state index is 12.9. The summed E-state index contributed by atoms with van der Waals surface area (Å²) in [4.78, 5) is 11.5. The van der Waals surface area contributed by atoms with Gasteiger partial charge in [0.1, 0.15) is 11.5 Å². The van der Waals surface area contributed by atoms with Gasteiger partial charge in [0.2, 0.25) is 15.9 Å². The number of carbonyl (C=O) groups is 1. The number of nitrogens with zero attached hydrogens (tertiary/aromatic N) is 1. The van der Waals surface area contributed by atoms with Gasteiger partial charge < -0.3 is 10.1 Å². The van der Waals surface area contributed by atoms with Gasteiger partial charge in [-0.25, -0.2) is 16.8 Å². The maximum Gasteiger partial charge on any atom is 0.243 e. The van der Waals surface area contributed by atoms with E-state index in [1.165, 1.54) is 17.4 Å². The van der Waals surface area contributed by atoms with Crippen molar-refractivity contribution in [3.63, 3.8) is 0 Å². The lowest BCUT2D eigenvalue weighted by Gasteiger charge is -2.31. The first kappa shape index (κ1) is 21.6. The Morgan fingerprint density at radius 3 is 2.37 bits per heavy atom. The van der Waals surface area contributed by atoms with Gasteiger partial charge in [-0.05, 0) is 50.5 Å². The van der Waals surface area contributed by atoms with Crippen LogP contribution in [0.15, 0.2) is 23.1 Å². The molecule has 0 atom stereocenters. The van der Waals surface area contributed by atoms with E-state index in [1.807, 2.05) is 6.92 Å². The number of piperidine rings is 1. The van der Waals surface area contributed by atoms with Crippen LogP contribution in [0.4, 0.5) is 0 Å². The summed E-state index contributed by atoms with van der Waals surface area (Å²) in [6, 6.07) is 4.70. The molecule has 1 aromatic carbocycles. The first-order valence-corrected chi connectivity index (χ1v) is 11.9. The number of hydrogen-bond acceptors (Lipinski definition) is 6. The van der Waals surface area contributed by atoms with Crippen LogP contribution in [0.2, 0.25) is 0 Å². The summed E-state index contributed by atoms with van der Waals surface area (Å²) >= 11 is 0. The van der Waals surface area contributed by atoms with Gasteiger partial charge in [0, 0.05) is 20.1 Å². The highest BCUT2D eigenvalue weighted by atomic mass is 32.2. The standard InChI is InChI=1S/C17H26N2O6S2/c1-4-25-16-6-5-15(11-13(16)2)27(23,24)19-9-7-14(8-10-19)26(21,22)12-17(20)18-3/h5-6,11,14H,4,7-10,12H2,1-3H3,(H,18,20). The van der Waals surface area contributed by atoms with Crippen LogP contribution >= 0.6 is 0 Å². The van der Waals surface area contributed by atoms with Crippen molar-refractivity contribution in [3.8, 4) is 5.75 Å². The molecular weight excluding hydrogens is 392 g/mol. The largest absolute Gasteiger partial charge is 0.494 e. The van der Waals surface area contributed by atoms with Gasteiger partial charge in [-0.3, -0.25) is 4.79 Å². The number of benzene rings is 1. The average Bonchev–Trinajstić information content (AvgIpc) is 2.63. The third-order valence-corrected chi connectivity index (χ3v) is 8.65. The number of amides is 1. The fourth-order valence-corrected chi connectivity index (χ4v) is 6.28. The smallest absolute Gasteiger partial charge is 0.243 e. The Hall–Kier alpha value is -1.65. The molecule has 1 aromatic rings. The van der Waals surface area contributed by atoms with E-state index >= 15 is 0 Å². The van der Waals surface area contributed by atoms with Crippen molar-refractivity contribution in [2.75, 3.05) is 32.5 Å². The molecule has 1 aliphatic rings. The summed E-state index contributed by atoms with van der Waals surface area (Å²) in [5.41, 5.74) is 0.723. The molecular formula is C17H26N2O6S2. The van der Waals surface area contributed by atoms with Crippen molar-refractivity contribution in [2.45, 2.75) is 36.8 Å². The van der Waals surface area contributed by atoms with Crippen LogP contribution in [0.1, 0.15) is 25.3 Å². The summed E-state index contributed by atoms with van der Waals surface area (Å²) in [5, 5.41) is 1.59. The van der Waals surface area contributed by atoms with Gasteiger partial charge in [0.05, 0.1) is 16.8 Å². The fourth-order valence-electron chi connectivity index (χ4n) is 3.05. The van der Waals surface area contributed by atoms with E-state index in [-0.39, 0.29) is 30.8 Å². The molecule has 0 unspecified atom stereocenters. The molecule has 1 fully saturated rings. The lowest BCUT2D eigenvalue weighted by Crippen LogP contribution is -2.44. The van der Waals surface area contributed by atoms with E-state index < -0.39 is 36.8 Å². The molecule has 1 saturated heterocycles. The molecule has 10 heteroatoms. The number of sulfone groups is 1. The molecule has 0 aromatic heterocycles. The zero-order valence-electron chi connectivity index (χ0n) is 15.8. The summed E-state index contributed by atoms with van der Waals surface area (Å²) < 4.78 is 57.0. The summed E-state index contributed by atoms with van der Waals surface area (Å²) in [6.45, 7) is 4.33. The topological polar surface area (TPSA) is 110 Å². The molecule has 0 saturated carbocycles. The Kier molecular flexibility index (Phi) is 6.87. The molecule has 0 radical (unpaired) electrons. The maximum atomic E-state index is 12.9. The van der Waals surface area contributed by atoms with E-state index in [9.17, 15) is 21.6 Å². The molecule has 2 rings (SSSR count). The van der Waals surface area contributed by atoms with Crippen molar-refractivity contribution in [1.82, 2.24) is 9.62 Å². The molecule has 0 spiro atoms. The second-order valence-corrected chi connectivity index (χ2v) is 10.7. The van der Waals surface area contributed by atoms with E-state index in [4.69, 9.17) is 4.74 Å². The van der Waals surface area contributed by atoms with Gasteiger partial charge in [-0.1, -0.05) is 0 Å². The van der Waals surface area contributed by atoms with Gasteiger partial charge in [-0.15, -0.1) is 0 Å². The number of hydrogen-bond donors (Lipinski definition) is 1. The predicted molar refractivity (Wildman–Crippen MR) is 102 cm³/mol. The third-order valence-electron chi connectivity index (χ3n) is 4.60. The molecule has 1 aliphatic heterocycles. The predicted octanol–water partition coefficient (Wildman–Crippen LogP) is 0.708. The summed E-state index contributed by atoms with van der Waals surface area (Å²) in [6.07, 6.45) is 0.350. The monoisotopic (exact) mass is 418 g/mol. The molecule has 0 aliphatic carbocycles. The van der Waals surface area contributed by atoms with Crippen molar-refractivity contribution in [2.24, 2.45) is 0 Å². The third kappa shape index (κ3) is 4.99. The second kappa shape index (κ2) is 8.57. The van der Waals surface area contributed by atoms with E-state index in [2.05, 4.69) is 5.32 Å². The van der Waals surface area contributed by atoms with Crippen LogP contribution in [0.25, 0.3) is 0 Å². The Balaban J connectivity index is 2.10. The molecule has 1 heterocycles. The van der Waals surface area contributed by atoms with Crippen molar-refractivity contribution < 1.29 is 26.4 Å². The van der Waals surface area contributed by atoms with Crippen LogP contribution in [-0.4, -0.2) is 64.8 Å². The Morgan fingerprint density at radius 1 is 1.22 bits per heavy atom. The van der Waals surface area contributed by atoms with Crippen molar-refractivity contribution in [3.05, 3.63) is 23.8 Å². The summed E-state index contributed by atoms with van der Waals surface area (Å²) in [7, 11) is -5.93. The zero-order valence-corrected chi connectivity index (χ0v) is 17.4. The van der Waals surface area contributed by atoms with Gasteiger partial charge in [0.25, 0.3) is 0 Å². The molecule has 152 valence electrons. The van der Waals surface area contributed by atoms with Gasteiger partial charge in [-0.2, -0.15) is 4.31 Å². The average molecular weight is 419 g/mol. The Bertz CT molecular complexity index is 888. The summed E-state index contributed by atoms with van der Waals surface area (Å²) in [5.74, 6) is -0.496. The van der Waals surface area contributed by atoms with Crippen LogP contribution in [0.5, 0.6) is 5.75 Å². The van der Waals surface area contributed by atoms with Crippen LogP contribution < -0.4 is 10.1 Å². The van der Waals surface area contributed by atoms with Gasteiger partial charge >= 0.3 is 0 Å². The normalized spacial score (nSPS) is 16.9. The quantitative estimate of drug-likeness (QED) is 0.698. The van der Waals surface area contributed by atoms with Crippen molar-refractivity contribution >= 4 is 25.8 Å².